The Morgan fingerprint density at radius 3 is 2.50 bits per heavy atom. The van der Waals surface area contributed by atoms with Crippen LogP contribution < -0.4 is 5.76 Å². The van der Waals surface area contributed by atoms with Crippen molar-refractivity contribution in [2.45, 2.75) is 19.5 Å². The van der Waals surface area contributed by atoms with Gasteiger partial charge in [-0.25, -0.2) is 9.18 Å². The fourth-order valence-electron chi connectivity index (χ4n) is 2.70. The fraction of sp³-hybridized carbons (Fsp3) is 0.238. The average Bonchev–Trinajstić information content (AvgIpc) is 3.12. The lowest BCUT2D eigenvalue weighted by Gasteiger charge is -2.25. The number of rotatable bonds is 7. The molecule has 1 heterocycles. The lowest BCUT2D eigenvalue weighted by molar-refractivity contribution is -0.153. The molecule has 0 bridgehead atoms. The molecule has 30 heavy (non-hydrogen) atoms. The third kappa shape index (κ3) is 4.99. The molecule has 2 aromatic carbocycles. The second-order valence-electron chi connectivity index (χ2n) is 6.59. The number of hydrogen-bond acceptors (Lipinski definition) is 6. The van der Waals surface area contributed by atoms with Gasteiger partial charge in [0.05, 0.1) is 6.04 Å². The summed E-state index contributed by atoms with van der Waals surface area (Å²) in [7, 11) is 1.62. The smallest absolute Gasteiger partial charge is 0.437 e. The Balaban J connectivity index is 1.56. The minimum Gasteiger partial charge on any atom is -0.454 e. The van der Waals surface area contributed by atoms with Crippen LogP contribution in [-0.2, 0) is 20.9 Å². The van der Waals surface area contributed by atoms with Gasteiger partial charge in [-0.1, -0.05) is 30.3 Å². The molecule has 1 atom stereocenters. The monoisotopic (exact) mass is 413 g/mol. The molecular weight excluding hydrogens is 393 g/mol. The normalized spacial score (nSPS) is 11.7. The van der Waals surface area contributed by atoms with Gasteiger partial charge in [0.15, 0.2) is 6.61 Å². The molecule has 0 fully saturated rings. The van der Waals surface area contributed by atoms with Crippen LogP contribution in [0.3, 0.4) is 0 Å². The molecule has 1 unspecified atom stereocenters. The fourth-order valence-corrected chi connectivity index (χ4v) is 2.70. The van der Waals surface area contributed by atoms with Gasteiger partial charge in [0.2, 0.25) is 5.89 Å². The summed E-state index contributed by atoms with van der Waals surface area (Å²) in [5.74, 6) is -2.57. The van der Waals surface area contributed by atoms with E-state index in [1.165, 1.54) is 29.2 Å². The minimum atomic E-state index is -0.868. The van der Waals surface area contributed by atoms with Crippen LogP contribution in [0.4, 0.5) is 4.39 Å². The summed E-state index contributed by atoms with van der Waals surface area (Å²) in [5, 5.41) is 3.90. The van der Waals surface area contributed by atoms with Gasteiger partial charge >= 0.3 is 11.7 Å². The zero-order valence-electron chi connectivity index (χ0n) is 16.4. The number of benzene rings is 2. The highest BCUT2D eigenvalue weighted by molar-refractivity contribution is 5.80. The molecule has 3 aromatic rings. The molecule has 8 nitrogen and oxygen atoms in total. The first-order valence-electron chi connectivity index (χ1n) is 9.15. The first-order valence-corrected chi connectivity index (χ1v) is 9.15. The van der Waals surface area contributed by atoms with Crippen LogP contribution in [0.2, 0.25) is 0 Å². The van der Waals surface area contributed by atoms with E-state index in [1.807, 2.05) is 37.3 Å². The van der Waals surface area contributed by atoms with Crippen LogP contribution in [0, 0.1) is 5.82 Å². The highest BCUT2D eigenvalue weighted by atomic mass is 19.1. The Labute approximate surface area is 171 Å². The maximum absolute atomic E-state index is 13.0. The molecule has 0 aliphatic carbocycles. The lowest BCUT2D eigenvalue weighted by atomic mass is 10.1. The zero-order valence-corrected chi connectivity index (χ0v) is 16.4. The Morgan fingerprint density at radius 2 is 1.83 bits per heavy atom. The number of nitrogens with zero attached hydrogens (tertiary/aromatic N) is 3. The van der Waals surface area contributed by atoms with Crippen LogP contribution in [0.25, 0.3) is 11.5 Å². The number of carbonyl (C=O) groups is 2. The van der Waals surface area contributed by atoms with Crippen molar-refractivity contribution in [3.63, 3.8) is 0 Å². The molecule has 3 rings (SSSR count). The van der Waals surface area contributed by atoms with E-state index in [-0.39, 0.29) is 17.8 Å². The summed E-state index contributed by atoms with van der Waals surface area (Å²) in [4.78, 5) is 37.7. The van der Waals surface area contributed by atoms with Crippen LogP contribution >= 0.6 is 0 Å². The number of aromatic nitrogens is 2. The van der Waals surface area contributed by atoms with Gasteiger partial charge in [0.25, 0.3) is 5.91 Å². The molecule has 0 saturated heterocycles. The molecular formula is C21H20FN3O5. The molecule has 0 aliphatic heterocycles. The highest BCUT2D eigenvalue weighted by Gasteiger charge is 2.20. The number of carbonyl (C=O) groups excluding carboxylic acids is 2. The number of esters is 1. The molecule has 1 amide bonds. The van der Waals surface area contributed by atoms with E-state index in [9.17, 15) is 18.8 Å². The summed E-state index contributed by atoms with van der Waals surface area (Å²) in [6.07, 6.45) is 0. The second kappa shape index (κ2) is 9.17. The molecule has 0 N–H and O–H groups in total. The molecule has 0 saturated carbocycles. The Morgan fingerprint density at radius 1 is 1.17 bits per heavy atom. The second-order valence-corrected chi connectivity index (χ2v) is 6.59. The number of ether oxygens (including phenoxy) is 1. The van der Waals surface area contributed by atoms with Crippen molar-refractivity contribution < 1.29 is 23.1 Å². The van der Waals surface area contributed by atoms with E-state index >= 15 is 0 Å². The van der Waals surface area contributed by atoms with Crippen LogP contribution in [-0.4, -0.2) is 40.2 Å². The molecule has 9 heteroatoms. The van der Waals surface area contributed by atoms with Gasteiger partial charge in [-0.2, -0.15) is 4.68 Å². The summed E-state index contributed by atoms with van der Waals surface area (Å²) in [6.45, 7) is 0.875. The summed E-state index contributed by atoms with van der Waals surface area (Å²) in [5.41, 5.74) is 1.33. The highest BCUT2D eigenvalue weighted by Crippen LogP contribution is 2.18. The maximum Gasteiger partial charge on any atom is 0.437 e. The van der Waals surface area contributed by atoms with Crippen molar-refractivity contribution in [3.8, 4) is 11.5 Å². The van der Waals surface area contributed by atoms with Crippen LogP contribution in [0.15, 0.2) is 63.8 Å². The van der Waals surface area contributed by atoms with E-state index in [1.54, 1.807) is 7.05 Å². The van der Waals surface area contributed by atoms with Gasteiger partial charge in [-0.05, 0) is 36.8 Å². The van der Waals surface area contributed by atoms with Crippen LogP contribution in [0.1, 0.15) is 18.5 Å². The summed E-state index contributed by atoms with van der Waals surface area (Å²) >= 11 is 0. The molecule has 156 valence electrons. The molecule has 0 aliphatic rings. The number of amides is 1. The quantitative estimate of drug-likeness (QED) is 0.552. The first-order chi connectivity index (χ1) is 14.3. The molecule has 0 radical (unpaired) electrons. The molecule has 0 spiro atoms. The van der Waals surface area contributed by atoms with Crippen molar-refractivity contribution >= 4 is 11.9 Å². The number of hydrogen-bond donors (Lipinski definition) is 0. The van der Waals surface area contributed by atoms with Crippen LogP contribution in [0.5, 0.6) is 0 Å². The van der Waals surface area contributed by atoms with E-state index in [4.69, 9.17) is 9.15 Å². The van der Waals surface area contributed by atoms with E-state index in [0.717, 1.165) is 10.2 Å². The standard InChI is InChI=1S/C21H20FN3O5/c1-14(15-6-4-3-5-7-15)24(2)18(26)13-29-19(27)12-25-21(28)30-20(23-25)16-8-10-17(22)11-9-16/h3-11,14H,12-13H2,1-2H3. The molecule has 1 aromatic heterocycles. The lowest BCUT2D eigenvalue weighted by Crippen LogP contribution is -2.34. The predicted octanol–water partition coefficient (Wildman–Crippen LogP) is 2.41. The maximum atomic E-state index is 13.0. The van der Waals surface area contributed by atoms with Crippen molar-refractivity contribution in [1.82, 2.24) is 14.7 Å². The van der Waals surface area contributed by atoms with Crippen molar-refractivity contribution in [3.05, 3.63) is 76.5 Å². The summed E-state index contributed by atoms with van der Waals surface area (Å²) < 4.78 is 23.7. The van der Waals surface area contributed by atoms with Crippen molar-refractivity contribution in [1.29, 1.82) is 0 Å². The SMILES string of the molecule is CC(c1ccccc1)N(C)C(=O)COC(=O)Cn1nc(-c2ccc(F)cc2)oc1=O. The van der Waals surface area contributed by atoms with E-state index in [2.05, 4.69) is 5.10 Å². The third-order valence-electron chi connectivity index (χ3n) is 4.59. The topological polar surface area (TPSA) is 94.6 Å². The predicted molar refractivity (Wildman–Crippen MR) is 105 cm³/mol. The van der Waals surface area contributed by atoms with E-state index in [0.29, 0.717) is 5.56 Å². The Hall–Kier alpha value is -3.75. The van der Waals surface area contributed by atoms with Crippen molar-refractivity contribution in [2.75, 3.05) is 13.7 Å². The largest absolute Gasteiger partial charge is 0.454 e. The van der Waals surface area contributed by atoms with Gasteiger partial charge in [-0.15, -0.1) is 5.10 Å². The van der Waals surface area contributed by atoms with Gasteiger partial charge < -0.3 is 14.1 Å². The van der Waals surface area contributed by atoms with Gasteiger partial charge in [-0.3, -0.25) is 9.59 Å². The summed E-state index contributed by atoms with van der Waals surface area (Å²) in [6, 6.07) is 14.4. The Bertz CT molecular complexity index is 1080. The van der Waals surface area contributed by atoms with Crippen molar-refractivity contribution in [2.24, 2.45) is 0 Å². The first kappa shape index (κ1) is 21.0. The minimum absolute atomic E-state index is 0.0553. The zero-order chi connectivity index (χ0) is 21.7. The number of halogens is 1. The Kier molecular flexibility index (Phi) is 6.41. The third-order valence-corrected chi connectivity index (χ3v) is 4.59. The van der Waals surface area contributed by atoms with Gasteiger partial charge in [0.1, 0.15) is 12.4 Å². The average molecular weight is 413 g/mol. The number of likely N-dealkylation sites (N-methyl/N-ethyl adjacent to an activating group) is 1. The van der Waals surface area contributed by atoms with Gasteiger partial charge in [0, 0.05) is 12.6 Å². The van der Waals surface area contributed by atoms with E-state index < -0.39 is 30.7 Å².